The standard InChI is InChI=1S/C20H16Cl2N4O4/c21-14-8-24-9-15(22)17(14)25-19(28)12-2-1-11(10-27)13-7-16(30-18(12)13)20(29)26-5-3-23-4-6-26/h1-2,7-10,23H,3-6H2,(H,24,25,28). The average molecular weight is 447 g/mol. The number of amides is 2. The smallest absolute Gasteiger partial charge is 0.289 e. The number of piperazine rings is 1. The van der Waals surface area contributed by atoms with Crippen LogP contribution in [0.1, 0.15) is 31.3 Å². The van der Waals surface area contributed by atoms with Crippen molar-refractivity contribution in [2.75, 3.05) is 31.5 Å². The van der Waals surface area contributed by atoms with Crippen LogP contribution in [0.25, 0.3) is 11.0 Å². The van der Waals surface area contributed by atoms with E-state index >= 15 is 0 Å². The number of nitrogens with zero attached hydrogens (tertiary/aromatic N) is 2. The summed E-state index contributed by atoms with van der Waals surface area (Å²) in [6, 6.07) is 4.44. The Labute approximate surface area is 181 Å². The van der Waals surface area contributed by atoms with Crippen LogP contribution in [0.2, 0.25) is 10.0 Å². The second-order valence-electron chi connectivity index (χ2n) is 6.65. The number of rotatable bonds is 4. The van der Waals surface area contributed by atoms with Gasteiger partial charge in [0.25, 0.3) is 11.8 Å². The highest BCUT2D eigenvalue weighted by Crippen LogP contribution is 2.31. The first-order valence-electron chi connectivity index (χ1n) is 9.11. The summed E-state index contributed by atoms with van der Waals surface area (Å²) in [6.45, 7) is 2.46. The third-order valence-corrected chi connectivity index (χ3v) is 5.37. The molecule has 2 N–H and O–H groups in total. The SMILES string of the molecule is O=Cc1ccc(C(=O)Nc2c(Cl)cncc2Cl)c2oc(C(=O)N3CCNCC3)cc12. The molecule has 30 heavy (non-hydrogen) atoms. The molecular weight excluding hydrogens is 431 g/mol. The highest BCUT2D eigenvalue weighted by atomic mass is 35.5. The summed E-state index contributed by atoms with van der Waals surface area (Å²) in [4.78, 5) is 42.7. The number of nitrogens with one attached hydrogen (secondary N) is 2. The van der Waals surface area contributed by atoms with E-state index in [-0.39, 0.29) is 38.5 Å². The molecule has 0 aliphatic carbocycles. The average Bonchev–Trinajstić information content (AvgIpc) is 3.21. The van der Waals surface area contributed by atoms with Crippen LogP contribution in [-0.4, -0.2) is 54.2 Å². The van der Waals surface area contributed by atoms with Crippen LogP contribution in [-0.2, 0) is 0 Å². The molecule has 0 atom stereocenters. The van der Waals surface area contributed by atoms with Crippen molar-refractivity contribution in [1.82, 2.24) is 15.2 Å². The first-order chi connectivity index (χ1) is 14.5. The zero-order chi connectivity index (χ0) is 21.3. The Hall–Kier alpha value is -2.94. The molecule has 3 aromatic rings. The fourth-order valence-electron chi connectivity index (χ4n) is 3.27. The number of furan rings is 1. The Kier molecular flexibility index (Phi) is 5.72. The molecule has 3 heterocycles. The molecule has 2 aromatic heterocycles. The number of carbonyl (C=O) groups is 3. The number of halogens is 2. The first kappa shape index (κ1) is 20.3. The summed E-state index contributed by atoms with van der Waals surface area (Å²) in [7, 11) is 0. The molecular formula is C20H16Cl2N4O4. The Morgan fingerprint density at radius 3 is 2.53 bits per heavy atom. The predicted octanol–water partition coefficient (Wildman–Crippen LogP) is 3.24. The van der Waals surface area contributed by atoms with Crippen LogP contribution in [0.15, 0.2) is 35.0 Å². The van der Waals surface area contributed by atoms with E-state index < -0.39 is 5.91 Å². The second-order valence-corrected chi connectivity index (χ2v) is 7.46. The summed E-state index contributed by atoms with van der Waals surface area (Å²) in [5, 5.41) is 6.53. The lowest BCUT2D eigenvalue weighted by atomic mass is 10.1. The molecule has 0 bridgehead atoms. The van der Waals surface area contributed by atoms with E-state index in [1.54, 1.807) is 4.90 Å². The first-order valence-corrected chi connectivity index (χ1v) is 9.87. The molecule has 10 heteroatoms. The zero-order valence-corrected chi connectivity index (χ0v) is 17.1. The van der Waals surface area contributed by atoms with Gasteiger partial charge >= 0.3 is 0 Å². The number of carbonyl (C=O) groups excluding carboxylic acids is 3. The summed E-state index contributed by atoms with van der Waals surface area (Å²) in [5.74, 6) is -0.783. The van der Waals surface area contributed by atoms with Crippen molar-refractivity contribution in [3.63, 3.8) is 0 Å². The van der Waals surface area contributed by atoms with Gasteiger partial charge < -0.3 is 20.0 Å². The van der Waals surface area contributed by atoms with Crippen molar-refractivity contribution in [2.45, 2.75) is 0 Å². The molecule has 154 valence electrons. The minimum atomic E-state index is -0.553. The lowest BCUT2D eigenvalue weighted by molar-refractivity contribution is 0.0705. The molecule has 8 nitrogen and oxygen atoms in total. The maximum absolute atomic E-state index is 12.9. The van der Waals surface area contributed by atoms with E-state index in [1.165, 1.54) is 30.6 Å². The molecule has 0 spiro atoms. The highest BCUT2D eigenvalue weighted by molar-refractivity contribution is 6.39. The van der Waals surface area contributed by atoms with Gasteiger partial charge in [-0.2, -0.15) is 0 Å². The maximum atomic E-state index is 12.9. The number of pyridine rings is 1. The number of hydrogen-bond donors (Lipinski definition) is 2. The van der Waals surface area contributed by atoms with E-state index in [0.717, 1.165) is 0 Å². The van der Waals surface area contributed by atoms with Crippen molar-refractivity contribution in [2.24, 2.45) is 0 Å². The van der Waals surface area contributed by atoms with Crippen LogP contribution in [0.4, 0.5) is 5.69 Å². The monoisotopic (exact) mass is 446 g/mol. The molecule has 2 amide bonds. The van der Waals surface area contributed by atoms with Crippen molar-refractivity contribution < 1.29 is 18.8 Å². The Bertz CT molecular complexity index is 1130. The van der Waals surface area contributed by atoms with Crippen LogP contribution in [0, 0.1) is 0 Å². The molecule has 1 aromatic carbocycles. The van der Waals surface area contributed by atoms with Gasteiger partial charge in [-0.3, -0.25) is 19.4 Å². The second kappa shape index (κ2) is 8.43. The maximum Gasteiger partial charge on any atom is 0.289 e. The quantitative estimate of drug-likeness (QED) is 0.596. The number of hydrogen-bond acceptors (Lipinski definition) is 6. The van der Waals surface area contributed by atoms with Gasteiger partial charge in [0.2, 0.25) is 0 Å². The van der Waals surface area contributed by atoms with Gasteiger partial charge in [0, 0.05) is 49.5 Å². The highest BCUT2D eigenvalue weighted by Gasteiger charge is 2.25. The van der Waals surface area contributed by atoms with E-state index in [2.05, 4.69) is 15.6 Å². The summed E-state index contributed by atoms with van der Waals surface area (Å²) in [6.07, 6.45) is 3.35. The summed E-state index contributed by atoms with van der Waals surface area (Å²) >= 11 is 12.1. The van der Waals surface area contributed by atoms with Gasteiger partial charge in [-0.1, -0.05) is 29.3 Å². The number of aromatic nitrogens is 1. The van der Waals surface area contributed by atoms with Gasteiger partial charge in [0.15, 0.2) is 12.0 Å². The lowest BCUT2D eigenvalue weighted by Gasteiger charge is -2.26. The van der Waals surface area contributed by atoms with E-state index in [9.17, 15) is 14.4 Å². The van der Waals surface area contributed by atoms with Crippen LogP contribution < -0.4 is 10.6 Å². The lowest BCUT2D eigenvalue weighted by Crippen LogP contribution is -2.46. The Balaban J connectivity index is 1.73. The van der Waals surface area contributed by atoms with Crippen LogP contribution in [0.3, 0.4) is 0 Å². The molecule has 1 saturated heterocycles. The van der Waals surface area contributed by atoms with Crippen molar-refractivity contribution in [3.05, 3.63) is 57.5 Å². The molecule has 1 aliphatic heterocycles. The normalized spacial score (nSPS) is 14.0. The van der Waals surface area contributed by atoms with E-state index in [4.69, 9.17) is 27.6 Å². The molecule has 1 aliphatic rings. The predicted molar refractivity (Wildman–Crippen MR) is 113 cm³/mol. The molecule has 0 saturated carbocycles. The zero-order valence-electron chi connectivity index (χ0n) is 15.6. The van der Waals surface area contributed by atoms with Gasteiger partial charge in [-0.05, 0) is 12.1 Å². The molecule has 0 radical (unpaired) electrons. The molecule has 0 unspecified atom stereocenters. The Morgan fingerprint density at radius 2 is 1.87 bits per heavy atom. The van der Waals surface area contributed by atoms with Gasteiger partial charge in [-0.15, -0.1) is 0 Å². The minimum absolute atomic E-state index is 0.0650. The third kappa shape index (κ3) is 3.77. The van der Waals surface area contributed by atoms with Gasteiger partial charge in [0.1, 0.15) is 5.58 Å². The van der Waals surface area contributed by atoms with Crippen molar-refractivity contribution >= 4 is 58.0 Å². The van der Waals surface area contributed by atoms with E-state index in [1.807, 2.05) is 0 Å². The summed E-state index contributed by atoms with van der Waals surface area (Å²) < 4.78 is 5.77. The largest absolute Gasteiger partial charge is 0.450 e. The topological polar surface area (TPSA) is 105 Å². The minimum Gasteiger partial charge on any atom is -0.450 e. The number of anilines is 1. The van der Waals surface area contributed by atoms with Gasteiger partial charge in [-0.25, -0.2) is 0 Å². The van der Waals surface area contributed by atoms with Gasteiger partial charge in [0.05, 0.1) is 21.3 Å². The fraction of sp³-hybridized carbons (Fsp3) is 0.200. The van der Waals surface area contributed by atoms with Crippen molar-refractivity contribution in [3.8, 4) is 0 Å². The van der Waals surface area contributed by atoms with E-state index in [0.29, 0.717) is 43.4 Å². The summed E-state index contributed by atoms with van der Waals surface area (Å²) in [5.41, 5.74) is 0.787. The fourth-order valence-corrected chi connectivity index (χ4v) is 3.73. The van der Waals surface area contributed by atoms with Crippen molar-refractivity contribution in [1.29, 1.82) is 0 Å². The van der Waals surface area contributed by atoms with Crippen LogP contribution in [0.5, 0.6) is 0 Å². The number of benzene rings is 1. The Morgan fingerprint density at radius 1 is 1.17 bits per heavy atom. The number of fused-ring (bicyclic) bond motifs is 1. The third-order valence-electron chi connectivity index (χ3n) is 4.80. The molecule has 1 fully saturated rings. The molecule has 4 rings (SSSR count). The van der Waals surface area contributed by atoms with Crippen LogP contribution >= 0.6 is 23.2 Å². The number of aldehydes is 1.